The molecule has 0 spiro atoms. The molecule has 1 aromatic heterocycles. The molecule has 11 heavy (non-hydrogen) atoms. The monoisotopic (exact) mass is 152 g/mol. The van der Waals surface area contributed by atoms with E-state index in [9.17, 15) is 0 Å². The van der Waals surface area contributed by atoms with Crippen molar-refractivity contribution in [2.45, 2.75) is 25.3 Å². The fourth-order valence-corrected chi connectivity index (χ4v) is 1.60. The molecule has 4 nitrogen and oxygen atoms in total. The third kappa shape index (κ3) is 1.03. The maximum atomic E-state index is 5.60. The van der Waals surface area contributed by atoms with Crippen LogP contribution in [-0.4, -0.2) is 21.3 Å². The van der Waals surface area contributed by atoms with Gasteiger partial charge in [0, 0.05) is 19.0 Å². The Hall–Kier alpha value is -0.900. The van der Waals surface area contributed by atoms with Crippen LogP contribution < -0.4 is 5.73 Å². The third-order valence-electron chi connectivity index (χ3n) is 2.22. The third-order valence-corrected chi connectivity index (χ3v) is 2.22. The Labute approximate surface area is 65.4 Å². The predicted molar refractivity (Wildman–Crippen MR) is 41.1 cm³/mol. The fraction of sp³-hybridized carbons (Fsp3) is 0.714. The first-order valence-electron chi connectivity index (χ1n) is 3.99. The van der Waals surface area contributed by atoms with Crippen LogP contribution in [0, 0.1) is 0 Å². The van der Waals surface area contributed by atoms with E-state index in [-0.39, 0.29) is 0 Å². The molecule has 0 aliphatic carbocycles. The molecule has 0 saturated heterocycles. The number of nitrogens with two attached hydrogens (primary N) is 1. The van der Waals surface area contributed by atoms with Crippen molar-refractivity contribution in [3.63, 3.8) is 0 Å². The zero-order chi connectivity index (χ0) is 7.68. The highest BCUT2D eigenvalue weighted by atomic mass is 15.3. The van der Waals surface area contributed by atoms with E-state index in [1.165, 1.54) is 6.42 Å². The molecular weight excluding hydrogens is 140 g/mol. The average Bonchev–Trinajstić information content (AvgIpc) is 2.50. The summed E-state index contributed by atoms with van der Waals surface area (Å²) < 4.78 is 1.96. The molecule has 2 heterocycles. The van der Waals surface area contributed by atoms with E-state index in [1.807, 2.05) is 4.68 Å². The first kappa shape index (κ1) is 6.79. The molecule has 1 aromatic rings. The van der Waals surface area contributed by atoms with Crippen molar-refractivity contribution in [2.24, 2.45) is 5.73 Å². The van der Waals surface area contributed by atoms with Gasteiger partial charge in [0.1, 0.15) is 12.2 Å². The fourth-order valence-electron chi connectivity index (χ4n) is 1.60. The van der Waals surface area contributed by atoms with Gasteiger partial charge in [-0.15, -0.1) is 0 Å². The second-order valence-corrected chi connectivity index (χ2v) is 2.92. The van der Waals surface area contributed by atoms with E-state index in [0.29, 0.717) is 12.5 Å². The molecule has 0 amide bonds. The smallest absolute Gasteiger partial charge is 0.138 e. The van der Waals surface area contributed by atoms with Crippen LogP contribution in [0.15, 0.2) is 6.33 Å². The highest BCUT2D eigenvalue weighted by molar-refractivity contribution is 4.98. The minimum atomic E-state index is 0.436. The van der Waals surface area contributed by atoms with E-state index in [2.05, 4.69) is 10.1 Å². The van der Waals surface area contributed by atoms with Gasteiger partial charge in [-0.2, -0.15) is 5.10 Å². The molecule has 1 unspecified atom stereocenters. The van der Waals surface area contributed by atoms with Gasteiger partial charge >= 0.3 is 0 Å². The lowest BCUT2D eigenvalue weighted by Crippen LogP contribution is -2.22. The van der Waals surface area contributed by atoms with Crippen molar-refractivity contribution >= 4 is 0 Å². The Balaban J connectivity index is 2.32. The summed E-state index contributed by atoms with van der Waals surface area (Å²) >= 11 is 0. The van der Waals surface area contributed by atoms with Gasteiger partial charge in [0.15, 0.2) is 0 Å². The summed E-state index contributed by atoms with van der Waals surface area (Å²) in [5, 5.41) is 4.10. The van der Waals surface area contributed by atoms with Crippen LogP contribution in [0.2, 0.25) is 0 Å². The SMILES string of the molecule is NCC1CCCn2ncnc21. The second kappa shape index (κ2) is 2.62. The van der Waals surface area contributed by atoms with Gasteiger partial charge in [-0.25, -0.2) is 9.67 Å². The topological polar surface area (TPSA) is 56.7 Å². The number of hydrogen-bond donors (Lipinski definition) is 1. The van der Waals surface area contributed by atoms with Gasteiger partial charge in [0.2, 0.25) is 0 Å². The molecule has 1 atom stereocenters. The minimum absolute atomic E-state index is 0.436. The molecule has 0 aromatic carbocycles. The molecule has 0 radical (unpaired) electrons. The van der Waals surface area contributed by atoms with Crippen molar-refractivity contribution in [3.8, 4) is 0 Å². The molecule has 60 valence electrons. The maximum Gasteiger partial charge on any atom is 0.138 e. The standard InChI is InChI=1S/C7H12N4/c8-4-6-2-1-3-11-7(6)9-5-10-11/h5-6H,1-4,8H2. The van der Waals surface area contributed by atoms with E-state index >= 15 is 0 Å². The molecule has 1 aliphatic heterocycles. The number of hydrogen-bond acceptors (Lipinski definition) is 3. The number of aromatic nitrogens is 3. The van der Waals surface area contributed by atoms with Crippen LogP contribution in [0.25, 0.3) is 0 Å². The highest BCUT2D eigenvalue weighted by Gasteiger charge is 2.20. The largest absolute Gasteiger partial charge is 0.330 e. The van der Waals surface area contributed by atoms with Crippen molar-refractivity contribution in [2.75, 3.05) is 6.54 Å². The Morgan fingerprint density at radius 1 is 1.73 bits per heavy atom. The van der Waals surface area contributed by atoms with Gasteiger partial charge in [0.05, 0.1) is 0 Å². The Morgan fingerprint density at radius 2 is 2.64 bits per heavy atom. The summed E-state index contributed by atoms with van der Waals surface area (Å²) in [5.74, 6) is 1.50. The summed E-state index contributed by atoms with van der Waals surface area (Å²) in [5.41, 5.74) is 5.60. The lowest BCUT2D eigenvalue weighted by atomic mass is 10.00. The van der Waals surface area contributed by atoms with Crippen molar-refractivity contribution in [1.29, 1.82) is 0 Å². The average molecular weight is 152 g/mol. The highest BCUT2D eigenvalue weighted by Crippen LogP contribution is 2.22. The molecule has 0 fully saturated rings. The normalized spacial score (nSPS) is 23.2. The lowest BCUT2D eigenvalue weighted by Gasteiger charge is -2.20. The molecule has 2 rings (SSSR count). The number of rotatable bonds is 1. The Morgan fingerprint density at radius 3 is 3.45 bits per heavy atom. The zero-order valence-electron chi connectivity index (χ0n) is 6.40. The van der Waals surface area contributed by atoms with Crippen LogP contribution in [0.5, 0.6) is 0 Å². The predicted octanol–water partition coefficient (Wildman–Crippen LogP) is 0.114. The van der Waals surface area contributed by atoms with Gasteiger partial charge in [-0.3, -0.25) is 0 Å². The Kier molecular flexibility index (Phi) is 1.62. The van der Waals surface area contributed by atoms with Crippen LogP contribution in [0.1, 0.15) is 24.6 Å². The van der Waals surface area contributed by atoms with E-state index < -0.39 is 0 Å². The maximum absolute atomic E-state index is 5.60. The molecule has 4 heteroatoms. The number of nitrogens with zero attached hydrogens (tertiary/aromatic N) is 3. The molecule has 0 saturated carbocycles. The first-order chi connectivity index (χ1) is 5.42. The summed E-state index contributed by atoms with van der Waals surface area (Å²) in [6, 6.07) is 0. The van der Waals surface area contributed by atoms with Crippen molar-refractivity contribution < 1.29 is 0 Å². The van der Waals surface area contributed by atoms with Gasteiger partial charge in [0.25, 0.3) is 0 Å². The molecule has 0 bridgehead atoms. The first-order valence-corrected chi connectivity index (χ1v) is 3.99. The number of aryl methyl sites for hydroxylation is 1. The quantitative estimate of drug-likeness (QED) is 0.621. The van der Waals surface area contributed by atoms with Crippen LogP contribution >= 0.6 is 0 Å². The summed E-state index contributed by atoms with van der Waals surface area (Å²) in [6.07, 6.45) is 3.96. The molecular formula is C7H12N4. The van der Waals surface area contributed by atoms with Crippen LogP contribution in [0.3, 0.4) is 0 Å². The molecule has 1 aliphatic rings. The van der Waals surface area contributed by atoms with E-state index in [1.54, 1.807) is 6.33 Å². The van der Waals surface area contributed by atoms with Crippen LogP contribution in [-0.2, 0) is 6.54 Å². The van der Waals surface area contributed by atoms with Gasteiger partial charge in [-0.05, 0) is 12.8 Å². The van der Waals surface area contributed by atoms with E-state index in [4.69, 9.17) is 5.73 Å². The lowest BCUT2D eigenvalue weighted by molar-refractivity contribution is 0.419. The second-order valence-electron chi connectivity index (χ2n) is 2.92. The minimum Gasteiger partial charge on any atom is -0.330 e. The molecule has 2 N–H and O–H groups in total. The van der Waals surface area contributed by atoms with Crippen molar-refractivity contribution in [3.05, 3.63) is 12.2 Å². The van der Waals surface area contributed by atoms with E-state index in [0.717, 1.165) is 18.8 Å². The Bertz CT molecular complexity index is 242. The summed E-state index contributed by atoms with van der Waals surface area (Å²) in [7, 11) is 0. The summed E-state index contributed by atoms with van der Waals surface area (Å²) in [6.45, 7) is 1.70. The van der Waals surface area contributed by atoms with Gasteiger partial charge in [-0.1, -0.05) is 0 Å². The summed E-state index contributed by atoms with van der Waals surface area (Å²) in [4.78, 5) is 4.18. The number of fused-ring (bicyclic) bond motifs is 1. The van der Waals surface area contributed by atoms with Crippen molar-refractivity contribution in [1.82, 2.24) is 14.8 Å². The van der Waals surface area contributed by atoms with Gasteiger partial charge < -0.3 is 5.73 Å². The zero-order valence-corrected chi connectivity index (χ0v) is 6.40. The van der Waals surface area contributed by atoms with Crippen LogP contribution in [0.4, 0.5) is 0 Å².